The predicted octanol–water partition coefficient (Wildman–Crippen LogP) is 10.5. The zero-order valence-electron chi connectivity index (χ0n) is 29.7. The Kier molecular flexibility index (Phi) is 32.1. The van der Waals surface area contributed by atoms with Crippen LogP contribution in [-0.2, 0) is 23.9 Å². The number of aliphatic hydroxyl groups is 1. The van der Waals surface area contributed by atoms with Crippen molar-refractivity contribution in [1.29, 1.82) is 0 Å². The third kappa shape index (κ3) is 32.9. The molecular weight excluding hydrogens is 576 g/mol. The van der Waals surface area contributed by atoms with E-state index in [4.69, 9.17) is 9.47 Å². The van der Waals surface area contributed by atoms with E-state index in [9.17, 15) is 19.5 Å². The lowest BCUT2D eigenvalue weighted by Crippen LogP contribution is -2.25. The van der Waals surface area contributed by atoms with Crippen LogP contribution in [0.2, 0.25) is 0 Å². The lowest BCUT2D eigenvalue weighted by atomic mass is 9.99. The van der Waals surface area contributed by atoms with Gasteiger partial charge in [0.15, 0.2) is 5.78 Å². The van der Waals surface area contributed by atoms with Crippen LogP contribution in [0.4, 0.5) is 0 Å². The molecule has 0 rings (SSSR count). The summed E-state index contributed by atoms with van der Waals surface area (Å²) in [6.45, 7) is 6.40. The lowest BCUT2D eigenvalue weighted by Gasteiger charge is -2.12. The van der Waals surface area contributed by atoms with Crippen molar-refractivity contribution in [2.75, 3.05) is 13.2 Å². The van der Waals surface area contributed by atoms with E-state index in [1.807, 2.05) is 12.2 Å². The molecule has 0 amide bonds. The number of carbonyl (C=O) groups is 3. The van der Waals surface area contributed by atoms with Gasteiger partial charge in [0.25, 0.3) is 0 Å². The standard InChI is InChI=1S/C40H68O6/c1-4-6-7-8-9-10-11-12-13-17-20-23-26-30-37(41)31-28-33-40(44)46-35-38(42)34-45-39(43)32-27-24-21-18-15-14-16-19-22-25-29-36(3)5-2/h9-10,12-13,20,23,26,30,36,38,42H,4-8,11,14-19,21-22,24-25,27-29,31-35H2,1-3H3/b10-9-,13-12-,23-20-,30-26+/t36?,38-/m0/s1. The third-order valence-electron chi connectivity index (χ3n) is 8.08. The van der Waals surface area contributed by atoms with Crippen LogP contribution in [-0.4, -0.2) is 42.1 Å². The van der Waals surface area contributed by atoms with Crippen LogP contribution < -0.4 is 0 Å². The minimum atomic E-state index is -1.05. The zero-order chi connectivity index (χ0) is 33.9. The molecule has 1 N–H and O–H groups in total. The summed E-state index contributed by atoms with van der Waals surface area (Å²) in [5.41, 5.74) is 0. The Bertz CT molecular complexity index is 856. The summed E-state index contributed by atoms with van der Waals surface area (Å²) in [5, 5.41) is 9.97. The highest BCUT2D eigenvalue weighted by Crippen LogP contribution is 2.15. The summed E-state index contributed by atoms with van der Waals surface area (Å²) in [6.07, 6.45) is 37.3. The number of hydrogen-bond acceptors (Lipinski definition) is 6. The van der Waals surface area contributed by atoms with Gasteiger partial charge in [-0.25, -0.2) is 0 Å². The molecule has 0 fully saturated rings. The molecule has 0 spiro atoms. The summed E-state index contributed by atoms with van der Waals surface area (Å²) in [5.74, 6) is 0.00373. The molecule has 1 unspecified atom stereocenters. The first-order valence-electron chi connectivity index (χ1n) is 18.5. The van der Waals surface area contributed by atoms with E-state index >= 15 is 0 Å². The van der Waals surface area contributed by atoms with Gasteiger partial charge in [-0.2, -0.15) is 0 Å². The number of aliphatic hydroxyl groups excluding tert-OH is 1. The van der Waals surface area contributed by atoms with Crippen molar-refractivity contribution < 1.29 is 29.0 Å². The topological polar surface area (TPSA) is 89.9 Å². The second kappa shape index (κ2) is 33.9. The van der Waals surface area contributed by atoms with Crippen LogP contribution in [0.5, 0.6) is 0 Å². The molecule has 2 atom stereocenters. The summed E-state index contributed by atoms with van der Waals surface area (Å²) in [4.78, 5) is 35.8. The van der Waals surface area contributed by atoms with Gasteiger partial charge in [-0.3, -0.25) is 14.4 Å². The fourth-order valence-corrected chi connectivity index (χ4v) is 4.84. The largest absolute Gasteiger partial charge is 0.463 e. The average molecular weight is 645 g/mol. The molecule has 0 saturated heterocycles. The smallest absolute Gasteiger partial charge is 0.305 e. The molecule has 6 heteroatoms. The number of ether oxygens (including phenoxy) is 2. The SMILES string of the molecule is CCCCC/C=C\C/C=C\C/C=C\C=C\C(=O)CCCC(=O)OC[C@@H](O)COC(=O)CCCCCCCCCCCCC(C)CC. The molecule has 46 heavy (non-hydrogen) atoms. The van der Waals surface area contributed by atoms with Gasteiger partial charge in [-0.15, -0.1) is 0 Å². The Balaban J connectivity index is 3.67. The van der Waals surface area contributed by atoms with E-state index < -0.39 is 12.1 Å². The average Bonchev–Trinajstić information content (AvgIpc) is 3.05. The van der Waals surface area contributed by atoms with Crippen LogP contribution in [0, 0.1) is 5.92 Å². The van der Waals surface area contributed by atoms with Crippen molar-refractivity contribution in [3.8, 4) is 0 Å². The van der Waals surface area contributed by atoms with Crippen molar-refractivity contribution in [1.82, 2.24) is 0 Å². The maximum absolute atomic E-state index is 12.0. The Morgan fingerprint density at radius 3 is 1.76 bits per heavy atom. The summed E-state index contributed by atoms with van der Waals surface area (Å²) < 4.78 is 10.2. The third-order valence-corrected chi connectivity index (χ3v) is 8.08. The van der Waals surface area contributed by atoms with Crippen LogP contribution in [0.1, 0.15) is 162 Å². The molecule has 0 aliphatic carbocycles. The van der Waals surface area contributed by atoms with E-state index in [-0.39, 0.29) is 37.8 Å². The van der Waals surface area contributed by atoms with Gasteiger partial charge >= 0.3 is 11.9 Å². The molecule has 0 aromatic rings. The Labute approximate surface area is 282 Å². The van der Waals surface area contributed by atoms with E-state index in [0.29, 0.717) is 12.8 Å². The fourth-order valence-electron chi connectivity index (χ4n) is 4.84. The number of allylic oxidation sites excluding steroid dienone is 8. The van der Waals surface area contributed by atoms with E-state index in [2.05, 4.69) is 45.1 Å². The highest BCUT2D eigenvalue weighted by atomic mass is 16.6. The minimum Gasteiger partial charge on any atom is -0.463 e. The maximum Gasteiger partial charge on any atom is 0.305 e. The second-order valence-corrected chi connectivity index (χ2v) is 12.6. The predicted molar refractivity (Wildman–Crippen MR) is 192 cm³/mol. The summed E-state index contributed by atoms with van der Waals surface area (Å²) >= 11 is 0. The van der Waals surface area contributed by atoms with Crippen molar-refractivity contribution in [2.45, 2.75) is 168 Å². The highest BCUT2D eigenvalue weighted by Gasteiger charge is 2.12. The molecule has 0 aliphatic heterocycles. The molecule has 0 aliphatic rings. The monoisotopic (exact) mass is 645 g/mol. The van der Waals surface area contributed by atoms with Crippen LogP contribution in [0.15, 0.2) is 48.6 Å². The van der Waals surface area contributed by atoms with Gasteiger partial charge < -0.3 is 14.6 Å². The number of rotatable bonds is 32. The van der Waals surface area contributed by atoms with Gasteiger partial charge in [0.1, 0.15) is 19.3 Å². The number of hydrogen-bond donors (Lipinski definition) is 1. The van der Waals surface area contributed by atoms with Gasteiger partial charge in [0.2, 0.25) is 0 Å². The molecule has 0 radical (unpaired) electrons. The van der Waals surface area contributed by atoms with Crippen LogP contribution in [0.25, 0.3) is 0 Å². The highest BCUT2D eigenvalue weighted by molar-refractivity contribution is 5.90. The lowest BCUT2D eigenvalue weighted by molar-refractivity contribution is -0.152. The number of carbonyl (C=O) groups excluding carboxylic acids is 3. The van der Waals surface area contributed by atoms with Gasteiger partial charge in [-0.1, -0.05) is 147 Å². The zero-order valence-corrected chi connectivity index (χ0v) is 29.7. The van der Waals surface area contributed by atoms with Crippen LogP contribution in [0.3, 0.4) is 0 Å². The van der Waals surface area contributed by atoms with Crippen molar-refractivity contribution in [3.05, 3.63) is 48.6 Å². The summed E-state index contributed by atoms with van der Waals surface area (Å²) in [7, 11) is 0. The normalized spacial score (nSPS) is 13.3. The molecule has 0 aromatic carbocycles. The van der Waals surface area contributed by atoms with Crippen molar-refractivity contribution >= 4 is 17.7 Å². The molecule has 0 aromatic heterocycles. The van der Waals surface area contributed by atoms with Crippen molar-refractivity contribution in [3.63, 3.8) is 0 Å². The number of ketones is 1. The first-order valence-corrected chi connectivity index (χ1v) is 18.5. The molecule has 6 nitrogen and oxygen atoms in total. The fraction of sp³-hybridized carbons (Fsp3) is 0.725. The Morgan fingerprint density at radius 2 is 1.15 bits per heavy atom. The van der Waals surface area contributed by atoms with Gasteiger partial charge in [0, 0.05) is 19.3 Å². The van der Waals surface area contributed by atoms with Gasteiger partial charge in [-0.05, 0) is 50.5 Å². The minimum absolute atomic E-state index is 0.0496. The maximum atomic E-state index is 12.0. The molecule has 0 bridgehead atoms. The Morgan fingerprint density at radius 1 is 0.609 bits per heavy atom. The Hall–Kier alpha value is -2.47. The van der Waals surface area contributed by atoms with E-state index in [1.165, 1.54) is 83.1 Å². The molecule has 0 saturated carbocycles. The first-order chi connectivity index (χ1) is 22.4. The quantitative estimate of drug-likeness (QED) is 0.0258. The van der Waals surface area contributed by atoms with E-state index in [0.717, 1.165) is 44.4 Å². The number of esters is 2. The number of unbranched alkanes of at least 4 members (excludes halogenated alkanes) is 12. The second-order valence-electron chi connectivity index (χ2n) is 12.6. The van der Waals surface area contributed by atoms with Gasteiger partial charge in [0.05, 0.1) is 0 Å². The van der Waals surface area contributed by atoms with Crippen LogP contribution >= 0.6 is 0 Å². The molecule has 0 heterocycles. The summed E-state index contributed by atoms with van der Waals surface area (Å²) in [6, 6.07) is 0. The van der Waals surface area contributed by atoms with E-state index in [1.54, 1.807) is 6.08 Å². The molecular formula is C40H68O6. The van der Waals surface area contributed by atoms with Crippen molar-refractivity contribution in [2.24, 2.45) is 5.92 Å². The first kappa shape index (κ1) is 43.5. The molecule has 264 valence electrons.